The number of methoxy groups -OCH3 is 2. The zero-order chi connectivity index (χ0) is 25.6. The van der Waals surface area contributed by atoms with Crippen molar-refractivity contribution in [1.82, 2.24) is 4.90 Å². The van der Waals surface area contributed by atoms with Crippen molar-refractivity contribution in [3.8, 4) is 17.2 Å². The van der Waals surface area contributed by atoms with E-state index in [0.29, 0.717) is 12.4 Å². The lowest BCUT2D eigenvalue weighted by Gasteiger charge is -2.42. The monoisotopic (exact) mass is 495 g/mol. The molecule has 5 rings (SSSR count). The fourth-order valence-corrected chi connectivity index (χ4v) is 5.24. The van der Waals surface area contributed by atoms with Gasteiger partial charge in [-0.25, -0.2) is 0 Å². The molecular formula is C32H33NO4. The Hall–Kier alpha value is -3.80. The van der Waals surface area contributed by atoms with Gasteiger partial charge in [0.1, 0.15) is 12.4 Å². The highest BCUT2D eigenvalue weighted by Gasteiger charge is 2.35. The van der Waals surface area contributed by atoms with Gasteiger partial charge in [-0.15, -0.1) is 0 Å². The Balaban J connectivity index is 1.51. The molecule has 2 atom stereocenters. The van der Waals surface area contributed by atoms with Crippen molar-refractivity contribution < 1.29 is 19.3 Å². The van der Waals surface area contributed by atoms with E-state index < -0.39 is 0 Å². The molecule has 37 heavy (non-hydrogen) atoms. The van der Waals surface area contributed by atoms with Crippen LogP contribution in [0.2, 0.25) is 0 Å². The quantitative estimate of drug-likeness (QED) is 0.310. The molecule has 0 aromatic heterocycles. The number of rotatable bonds is 9. The molecule has 4 aromatic carbocycles. The summed E-state index contributed by atoms with van der Waals surface area (Å²) in [6.07, 6.45) is 0.855. The van der Waals surface area contributed by atoms with Crippen LogP contribution in [0.1, 0.15) is 39.9 Å². The molecule has 0 radical (unpaired) electrons. The van der Waals surface area contributed by atoms with Gasteiger partial charge in [0, 0.05) is 6.54 Å². The van der Waals surface area contributed by atoms with E-state index in [1.54, 1.807) is 14.2 Å². The number of hydrogen-bond acceptors (Lipinski definition) is 5. The minimum Gasteiger partial charge on any atom is -0.493 e. The van der Waals surface area contributed by atoms with E-state index in [2.05, 4.69) is 53.4 Å². The maximum Gasteiger partial charge on any atom is 0.161 e. The second-order valence-electron chi connectivity index (χ2n) is 9.25. The van der Waals surface area contributed by atoms with Gasteiger partial charge in [-0.2, -0.15) is 0 Å². The Labute approximate surface area is 218 Å². The van der Waals surface area contributed by atoms with Crippen LogP contribution in [0.15, 0.2) is 97.1 Å². The highest BCUT2D eigenvalue weighted by atomic mass is 16.5. The second-order valence-corrected chi connectivity index (χ2v) is 9.25. The molecule has 0 spiro atoms. The number of benzene rings is 4. The van der Waals surface area contributed by atoms with Gasteiger partial charge < -0.3 is 19.3 Å². The van der Waals surface area contributed by atoms with Crippen molar-refractivity contribution in [3.63, 3.8) is 0 Å². The Kier molecular flexibility index (Phi) is 7.73. The summed E-state index contributed by atoms with van der Waals surface area (Å²) in [6, 6.07) is 32.7. The Bertz CT molecular complexity index is 1290. The van der Waals surface area contributed by atoms with Crippen LogP contribution < -0.4 is 14.2 Å². The topological polar surface area (TPSA) is 51.2 Å². The normalized spacial score (nSPS) is 16.0. The molecule has 1 aliphatic heterocycles. The number of hydrogen-bond donors (Lipinski definition) is 1. The number of ether oxygens (including phenoxy) is 3. The van der Waals surface area contributed by atoms with E-state index in [1.165, 1.54) is 5.56 Å². The van der Waals surface area contributed by atoms with Crippen molar-refractivity contribution in [3.05, 3.63) is 125 Å². The predicted octanol–water partition coefficient (Wildman–Crippen LogP) is 5.96. The van der Waals surface area contributed by atoms with Crippen LogP contribution in [-0.4, -0.2) is 37.4 Å². The highest BCUT2D eigenvalue weighted by molar-refractivity contribution is 5.52. The first-order valence-electron chi connectivity index (χ1n) is 12.6. The number of fused-ring (bicyclic) bond motifs is 1. The highest BCUT2D eigenvalue weighted by Crippen LogP contribution is 2.44. The second kappa shape index (κ2) is 11.5. The summed E-state index contributed by atoms with van der Waals surface area (Å²) in [6.45, 7) is 1.36. The van der Waals surface area contributed by atoms with Crippen LogP contribution in [0.25, 0.3) is 0 Å². The summed E-state index contributed by atoms with van der Waals surface area (Å²) in [5.41, 5.74) is 5.76. The molecule has 1 N–H and O–H groups in total. The van der Waals surface area contributed by atoms with Gasteiger partial charge >= 0.3 is 0 Å². The van der Waals surface area contributed by atoms with Gasteiger partial charge in [0.05, 0.1) is 32.9 Å². The maximum absolute atomic E-state index is 10.5. The number of aliphatic hydroxyl groups excluding tert-OH is 1. The molecule has 5 nitrogen and oxygen atoms in total. The molecule has 0 unspecified atom stereocenters. The predicted molar refractivity (Wildman–Crippen MR) is 145 cm³/mol. The van der Waals surface area contributed by atoms with Crippen LogP contribution in [0, 0.1) is 0 Å². The average molecular weight is 496 g/mol. The molecule has 0 saturated carbocycles. The van der Waals surface area contributed by atoms with E-state index in [0.717, 1.165) is 46.7 Å². The van der Waals surface area contributed by atoms with Gasteiger partial charge in [0.2, 0.25) is 0 Å². The molecule has 0 aliphatic carbocycles. The smallest absolute Gasteiger partial charge is 0.161 e. The molecule has 0 fully saturated rings. The first-order valence-corrected chi connectivity index (χ1v) is 12.6. The Morgan fingerprint density at radius 3 is 2.14 bits per heavy atom. The van der Waals surface area contributed by atoms with Crippen LogP contribution in [0.5, 0.6) is 17.2 Å². The zero-order valence-electron chi connectivity index (χ0n) is 21.3. The Morgan fingerprint density at radius 2 is 1.49 bits per heavy atom. The summed E-state index contributed by atoms with van der Waals surface area (Å²) < 4.78 is 17.3. The molecule has 0 bridgehead atoms. The largest absolute Gasteiger partial charge is 0.493 e. The summed E-state index contributed by atoms with van der Waals surface area (Å²) in [5.74, 6) is 2.26. The molecule has 5 heteroatoms. The van der Waals surface area contributed by atoms with Gasteiger partial charge in [-0.05, 0) is 58.5 Å². The first kappa shape index (κ1) is 24.9. The Morgan fingerprint density at radius 1 is 0.838 bits per heavy atom. The molecular weight excluding hydrogens is 462 g/mol. The lowest BCUT2D eigenvalue weighted by molar-refractivity contribution is 0.0901. The zero-order valence-corrected chi connectivity index (χ0v) is 21.3. The minimum atomic E-state index is -0.138. The summed E-state index contributed by atoms with van der Waals surface area (Å²) in [7, 11) is 3.33. The van der Waals surface area contributed by atoms with Gasteiger partial charge in [-0.3, -0.25) is 4.90 Å². The lowest BCUT2D eigenvalue weighted by Crippen LogP contribution is -2.40. The third kappa shape index (κ3) is 5.33. The average Bonchev–Trinajstić information content (AvgIpc) is 2.97. The lowest BCUT2D eigenvalue weighted by atomic mass is 9.85. The SMILES string of the molecule is COc1cc2c(cc1OC)[C@H](c1ccc(OCc3ccccc3)cc1)N([C@@H](CO)c1ccccc1)CC2. The van der Waals surface area contributed by atoms with Crippen LogP contribution >= 0.6 is 0 Å². The molecule has 1 heterocycles. The molecule has 4 aromatic rings. The van der Waals surface area contributed by atoms with E-state index in [4.69, 9.17) is 14.2 Å². The molecule has 0 amide bonds. The molecule has 1 aliphatic rings. The van der Waals surface area contributed by atoms with E-state index >= 15 is 0 Å². The van der Waals surface area contributed by atoms with Crippen molar-refractivity contribution in [1.29, 1.82) is 0 Å². The maximum atomic E-state index is 10.5. The third-order valence-electron chi connectivity index (χ3n) is 7.11. The number of aliphatic hydroxyl groups is 1. The fraction of sp³-hybridized carbons (Fsp3) is 0.250. The fourth-order valence-electron chi connectivity index (χ4n) is 5.24. The van der Waals surface area contributed by atoms with Crippen molar-refractivity contribution >= 4 is 0 Å². The van der Waals surface area contributed by atoms with Crippen LogP contribution in [0.4, 0.5) is 0 Å². The van der Waals surface area contributed by atoms with Crippen LogP contribution in [-0.2, 0) is 13.0 Å². The van der Waals surface area contributed by atoms with Gasteiger partial charge in [0.15, 0.2) is 11.5 Å². The van der Waals surface area contributed by atoms with Gasteiger partial charge in [0.25, 0.3) is 0 Å². The van der Waals surface area contributed by atoms with E-state index in [1.807, 2.05) is 48.5 Å². The first-order chi connectivity index (χ1) is 18.2. The number of nitrogens with zero attached hydrogens (tertiary/aromatic N) is 1. The molecule has 0 saturated heterocycles. The standard InChI is InChI=1S/C32H33NO4/c1-35-30-19-26-17-18-33(29(21-34)24-11-7-4-8-12-24)32(28(26)20-31(30)36-2)25-13-15-27(16-14-25)37-22-23-9-5-3-6-10-23/h3-16,19-20,29,32,34H,17-18,21-22H2,1-2H3/t29-,32-/m0/s1. The van der Waals surface area contributed by atoms with Crippen molar-refractivity contribution in [2.24, 2.45) is 0 Å². The summed E-state index contributed by atoms with van der Waals surface area (Å²) in [4.78, 5) is 2.39. The van der Waals surface area contributed by atoms with Crippen molar-refractivity contribution in [2.75, 3.05) is 27.4 Å². The molecule has 190 valence electrons. The van der Waals surface area contributed by atoms with Crippen LogP contribution in [0.3, 0.4) is 0 Å². The van der Waals surface area contributed by atoms with Gasteiger partial charge in [-0.1, -0.05) is 72.8 Å². The van der Waals surface area contributed by atoms with E-state index in [9.17, 15) is 5.11 Å². The summed E-state index contributed by atoms with van der Waals surface area (Å²) >= 11 is 0. The minimum absolute atomic E-state index is 0.0292. The van der Waals surface area contributed by atoms with E-state index in [-0.39, 0.29) is 18.7 Å². The van der Waals surface area contributed by atoms with Crippen molar-refractivity contribution in [2.45, 2.75) is 25.1 Å². The third-order valence-corrected chi connectivity index (χ3v) is 7.11. The summed E-state index contributed by atoms with van der Waals surface area (Å²) in [5, 5.41) is 10.5.